The van der Waals surface area contributed by atoms with Crippen LogP contribution in [0.4, 0.5) is 29.5 Å². The maximum absolute atomic E-state index is 12.7. The number of aromatic nitrogens is 1. The Kier molecular flexibility index (Phi) is 6.95. The first-order chi connectivity index (χ1) is 14.1. The van der Waals surface area contributed by atoms with Crippen LogP contribution in [0.3, 0.4) is 0 Å². The van der Waals surface area contributed by atoms with Gasteiger partial charge >= 0.3 is 12.2 Å². The van der Waals surface area contributed by atoms with Crippen LogP contribution in [-0.4, -0.2) is 66.4 Å². The number of hydrogen-bond donors (Lipinski definition) is 3. The van der Waals surface area contributed by atoms with Crippen molar-refractivity contribution in [2.75, 3.05) is 36.4 Å². The molecule has 1 unspecified atom stereocenters. The number of nitrogens with one attached hydrogen (secondary N) is 2. The summed E-state index contributed by atoms with van der Waals surface area (Å²) in [6, 6.07) is 3.72. The van der Waals surface area contributed by atoms with E-state index in [1.807, 2.05) is 26.0 Å². The number of anilines is 2. The average Bonchev–Trinajstić information content (AvgIpc) is 2.65. The molecule has 1 atom stereocenters. The lowest BCUT2D eigenvalue weighted by molar-refractivity contribution is -0.150. The highest BCUT2D eigenvalue weighted by Gasteiger charge is 2.35. The SMILES string of the molecule is Cc1nc(N2CCN(CC(F)(F)F)C(C)C2)ccc1NC1CCC(NC(N)=O)CC1. The monoisotopic (exact) mass is 428 g/mol. The number of primary amides is 1. The first-order valence-corrected chi connectivity index (χ1v) is 10.5. The maximum Gasteiger partial charge on any atom is 0.401 e. The van der Waals surface area contributed by atoms with E-state index in [2.05, 4.69) is 15.5 Å². The van der Waals surface area contributed by atoms with Gasteiger partial charge in [0.1, 0.15) is 5.82 Å². The number of carbonyl (C=O) groups is 1. The summed E-state index contributed by atoms with van der Waals surface area (Å²) in [6.45, 7) is 4.31. The lowest BCUT2D eigenvalue weighted by Gasteiger charge is -2.40. The Bertz CT molecular complexity index is 736. The summed E-state index contributed by atoms with van der Waals surface area (Å²) >= 11 is 0. The van der Waals surface area contributed by atoms with Gasteiger partial charge in [-0.2, -0.15) is 13.2 Å². The van der Waals surface area contributed by atoms with E-state index >= 15 is 0 Å². The molecule has 1 saturated carbocycles. The van der Waals surface area contributed by atoms with E-state index in [0.717, 1.165) is 42.9 Å². The third kappa shape index (κ3) is 6.13. The summed E-state index contributed by atoms with van der Waals surface area (Å²) in [7, 11) is 0. The molecule has 0 bridgehead atoms. The minimum atomic E-state index is -4.17. The smallest absolute Gasteiger partial charge is 0.381 e. The molecular weight excluding hydrogens is 397 g/mol. The van der Waals surface area contributed by atoms with Crippen LogP contribution in [0.15, 0.2) is 12.1 Å². The van der Waals surface area contributed by atoms with Crippen LogP contribution >= 0.6 is 0 Å². The Labute approximate surface area is 175 Å². The first-order valence-electron chi connectivity index (χ1n) is 10.5. The number of alkyl halides is 3. The molecule has 30 heavy (non-hydrogen) atoms. The predicted molar refractivity (Wildman–Crippen MR) is 111 cm³/mol. The first kappa shape index (κ1) is 22.5. The zero-order chi connectivity index (χ0) is 21.9. The fourth-order valence-corrected chi connectivity index (χ4v) is 4.35. The van der Waals surface area contributed by atoms with Crippen LogP contribution < -0.4 is 21.3 Å². The zero-order valence-corrected chi connectivity index (χ0v) is 17.5. The van der Waals surface area contributed by atoms with Crippen LogP contribution in [0.5, 0.6) is 0 Å². The number of hydrogen-bond acceptors (Lipinski definition) is 5. The summed E-state index contributed by atoms with van der Waals surface area (Å²) in [5, 5.41) is 6.30. The fourth-order valence-electron chi connectivity index (χ4n) is 4.35. The molecular formula is C20H31F3N6O. The van der Waals surface area contributed by atoms with Gasteiger partial charge in [0.15, 0.2) is 0 Å². The summed E-state index contributed by atoms with van der Waals surface area (Å²) < 4.78 is 38.1. The highest BCUT2D eigenvalue weighted by Crippen LogP contribution is 2.27. The average molecular weight is 429 g/mol. The van der Waals surface area contributed by atoms with Crippen LogP contribution in [0.2, 0.25) is 0 Å². The van der Waals surface area contributed by atoms with Crippen molar-refractivity contribution >= 4 is 17.5 Å². The lowest BCUT2D eigenvalue weighted by Crippen LogP contribution is -2.54. The highest BCUT2D eigenvalue weighted by atomic mass is 19.4. The largest absolute Gasteiger partial charge is 0.401 e. The molecule has 2 amide bonds. The molecule has 2 heterocycles. The number of carbonyl (C=O) groups excluding carboxylic acids is 1. The standard InChI is InChI=1S/C20H31F3N6O/c1-13-11-28(9-10-29(13)12-20(21,22)23)18-8-7-17(14(2)25-18)26-15-3-5-16(6-4-15)27-19(24)30/h7-8,13,15-16,26H,3-6,9-12H2,1-2H3,(H3,24,27,30). The van der Waals surface area contributed by atoms with Gasteiger partial charge in [-0.05, 0) is 51.7 Å². The molecule has 2 fully saturated rings. The van der Waals surface area contributed by atoms with Crippen LogP contribution in [-0.2, 0) is 0 Å². The topological polar surface area (TPSA) is 86.5 Å². The van der Waals surface area contributed by atoms with Gasteiger partial charge in [-0.3, -0.25) is 4.90 Å². The minimum Gasteiger partial charge on any atom is -0.381 e. The number of piperazine rings is 1. The van der Waals surface area contributed by atoms with Gasteiger partial charge in [0.25, 0.3) is 0 Å². The van der Waals surface area contributed by atoms with Crippen molar-refractivity contribution < 1.29 is 18.0 Å². The second-order valence-electron chi connectivity index (χ2n) is 8.38. The van der Waals surface area contributed by atoms with E-state index in [1.54, 1.807) is 0 Å². The van der Waals surface area contributed by atoms with Crippen molar-refractivity contribution in [1.82, 2.24) is 15.2 Å². The van der Waals surface area contributed by atoms with Gasteiger partial charge in [-0.1, -0.05) is 0 Å². The third-order valence-electron chi connectivity index (χ3n) is 5.98. The Morgan fingerprint density at radius 2 is 1.87 bits per heavy atom. The number of amides is 2. The molecule has 1 saturated heterocycles. The Morgan fingerprint density at radius 3 is 2.43 bits per heavy atom. The third-order valence-corrected chi connectivity index (χ3v) is 5.98. The number of urea groups is 1. The normalized spacial score (nSPS) is 25.8. The molecule has 4 N–H and O–H groups in total. The maximum atomic E-state index is 12.7. The number of aryl methyl sites for hydroxylation is 1. The van der Waals surface area contributed by atoms with Gasteiger partial charge < -0.3 is 21.3 Å². The van der Waals surface area contributed by atoms with Crippen molar-refractivity contribution in [3.8, 4) is 0 Å². The van der Waals surface area contributed by atoms with E-state index < -0.39 is 18.8 Å². The number of nitrogens with zero attached hydrogens (tertiary/aromatic N) is 3. The highest BCUT2D eigenvalue weighted by molar-refractivity contribution is 5.71. The van der Waals surface area contributed by atoms with Crippen molar-refractivity contribution in [1.29, 1.82) is 0 Å². The predicted octanol–water partition coefficient (Wildman–Crippen LogP) is 2.85. The van der Waals surface area contributed by atoms with E-state index in [4.69, 9.17) is 10.7 Å². The second kappa shape index (κ2) is 9.28. The van der Waals surface area contributed by atoms with E-state index in [9.17, 15) is 18.0 Å². The van der Waals surface area contributed by atoms with Gasteiger partial charge in [0.2, 0.25) is 0 Å². The summed E-state index contributed by atoms with van der Waals surface area (Å²) in [5.74, 6) is 0.797. The molecule has 0 spiro atoms. The lowest BCUT2D eigenvalue weighted by atomic mass is 9.91. The Morgan fingerprint density at radius 1 is 1.20 bits per heavy atom. The Balaban J connectivity index is 1.54. The van der Waals surface area contributed by atoms with Crippen molar-refractivity contribution in [3.63, 3.8) is 0 Å². The van der Waals surface area contributed by atoms with Crippen molar-refractivity contribution in [2.45, 2.75) is 63.8 Å². The number of nitrogens with two attached hydrogens (primary N) is 1. The van der Waals surface area contributed by atoms with Crippen molar-refractivity contribution in [3.05, 3.63) is 17.8 Å². The molecule has 0 aromatic carbocycles. The van der Waals surface area contributed by atoms with Crippen LogP contribution in [0.1, 0.15) is 38.3 Å². The molecule has 1 aromatic rings. The van der Waals surface area contributed by atoms with Gasteiger partial charge in [-0.25, -0.2) is 9.78 Å². The Hall–Kier alpha value is -2.23. The molecule has 10 heteroatoms. The fraction of sp³-hybridized carbons (Fsp3) is 0.700. The van der Waals surface area contributed by atoms with E-state index in [1.165, 1.54) is 4.90 Å². The molecule has 0 radical (unpaired) electrons. The minimum absolute atomic E-state index is 0.139. The number of pyridine rings is 1. The molecule has 1 aliphatic heterocycles. The molecule has 168 valence electrons. The second-order valence-corrected chi connectivity index (χ2v) is 8.38. The summed E-state index contributed by atoms with van der Waals surface area (Å²) in [4.78, 5) is 19.2. The number of rotatable bonds is 5. The molecule has 2 aliphatic rings. The van der Waals surface area contributed by atoms with Gasteiger partial charge in [0.05, 0.1) is 17.9 Å². The summed E-state index contributed by atoms with van der Waals surface area (Å²) in [5.41, 5.74) is 7.03. The molecule has 7 nitrogen and oxygen atoms in total. The zero-order valence-electron chi connectivity index (χ0n) is 17.5. The van der Waals surface area contributed by atoms with Gasteiger partial charge in [0, 0.05) is 37.8 Å². The molecule has 3 rings (SSSR count). The molecule has 1 aliphatic carbocycles. The van der Waals surface area contributed by atoms with E-state index in [-0.39, 0.29) is 12.1 Å². The number of halogens is 3. The van der Waals surface area contributed by atoms with Crippen LogP contribution in [0, 0.1) is 6.92 Å². The van der Waals surface area contributed by atoms with E-state index in [0.29, 0.717) is 25.7 Å². The van der Waals surface area contributed by atoms with Crippen LogP contribution in [0.25, 0.3) is 0 Å². The quantitative estimate of drug-likeness (QED) is 0.672. The van der Waals surface area contributed by atoms with Gasteiger partial charge in [-0.15, -0.1) is 0 Å². The van der Waals surface area contributed by atoms with Crippen molar-refractivity contribution in [2.24, 2.45) is 5.73 Å². The summed E-state index contributed by atoms with van der Waals surface area (Å²) in [6.07, 6.45) is -0.542. The molecule has 1 aromatic heterocycles.